The maximum absolute atomic E-state index is 9.97. The molecule has 15 heavy (non-hydrogen) atoms. The van der Waals surface area contributed by atoms with E-state index in [0.717, 1.165) is 37.3 Å². The summed E-state index contributed by atoms with van der Waals surface area (Å²) in [6.07, 6.45) is 6.43. The molecular weight excluding hydrogens is 208 g/mol. The molecule has 3 nitrogen and oxygen atoms in total. The Morgan fingerprint density at radius 2 is 2.40 bits per heavy atom. The van der Waals surface area contributed by atoms with Crippen LogP contribution in [-0.2, 0) is 6.54 Å². The molecule has 0 amide bonds. The zero-order valence-electron chi connectivity index (χ0n) is 9.52. The average Bonchev–Trinajstić information content (AvgIpc) is 2.67. The molecule has 1 aromatic rings. The fraction of sp³-hybridized carbons (Fsp3) is 0.727. The van der Waals surface area contributed by atoms with Crippen LogP contribution in [0.5, 0.6) is 0 Å². The van der Waals surface area contributed by atoms with Crippen molar-refractivity contribution in [2.45, 2.75) is 38.8 Å². The van der Waals surface area contributed by atoms with E-state index in [1.807, 2.05) is 22.5 Å². The summed E-state index contributed by atoms with van der Waals surface area (Å²) >= 11 is 1.82. The molecule has 1 N–H and O–H groups in total. The van der Waals surface area contributed by atoms with Gasteiger partial charge in [-0.2, -0.15) is 16.9 Å². The van der Waals surface area contributed by atoms with E-state index in [4.69, 9.17) is 0 Å². The molecule has 0 radical (unpaired) electrons. The molecular formula is C11H20N2OS. The van der Waals surface area contributed by atoms with Gasteiger partial charge in [-0.05, 0) is 37.3 Å². The van der Waals surface area contributed by atoms with Crippen LogP contribution >= 0.6 is 11.8 Å². The smallest absolute Gasteiger partial charge is 0.0957 e. The second kappa shape index (κ2) is 6.90. The predicted molar refractivity (Wildman–Crippen MR) is 65.1 cm³/mol. The minimum Gasteiger partial charge on any atom is -0.387 e. The van der Waals surface area contributed by atoms with Crippen molar-refractivity contribution in [3.05, 3.63) is 18.0 Å². The monoisotopic (exact) mass is 228 g/mol. The Labute approximate surface area is 95.9 Å². The Balaban J connectivity index is 2.48. The highest BCUT2D eigenvalue weighted by Gasteiger charge is 2.11. The lowest BCUT2D eigenvalue weighted by molar-refractivity contribution is 0.155. The van der Waals surface area contributed by atoms with Crippen LogP contribution in [0, 0.1) is 0 Å². The summed E-state index contributed by atoms with van der Waals surface area (Å²) in [4.78, 5) is 0. The van der Waals surface area contributed by atoms with Gasteiger partial charge in [0, 0.05) is 12.7 Å². The first kappa shape index (κ1) is 12.6. The van der Waals surface area contributed by atoms with Crippen molar-refractivity contribution < 1.29 is 5.11 Å². The maximum atomic E-state index is 9.97. The van der Waals surface area contributed by atoms with E-state index in [0.29, 0.717) is 0 Å². The van der Waals surface area contributed by atoms with Crippen LogP contribution in [0.15, 0.2) is 12.3 Å². The lowest BCUT2D eigenvalue weighted by atomic mass is 10.1. The number of aryl methyl sites for hydroxylation is 1. The molecule has 0 bridgehead atoms. The van der Waals surface area contributed by atoms with Gasteiger partial charge in [0.25, 0.3) is 0 Å². The topological polar surface area (TPSA) is 38.0 Å². The Morgan fingerprint density at radius 3 is 3.07 bits per heavy atom. The highest BCUT2D eigenvalue weighted by atomic mass is 32.2. The molecule has 0 spiro atoms. The first-order chi connectivity index (χ1) is 7.29. The summed E-state index contributed by atoms with van der Waals surface area (Å²) in [7, 11) is 0. The number of thioether (sulfide) groups is 1. The van der Waals surface area contributed by atoms with E-state index in [-0.39, 0.29) is 6.10 Å². The number of hydrogen-bond donors (Lipinski definition) is 1. The SMILES string of the molecule is CCCn1nccc1C(O)CCCSC. The van der Waals surface area contributed by atoms with Crippen LogP contribution < -0.4 is 0 Å². The Kier molecular flexibility index (Phi) is 5.79. The standard InChI is InChI=1S/C11H20N2OS/c1-3-8-13-10(6-7-12-13)11(14)5-4-9-15-2/h6-7,11,14H,3-5,8-9H2,1-2H3. The maximum Gasteiger partial charge on any atom is 0.0957 e. The lowest BCUT2D eigenvalue weighted by Crippen LogP contribution is -2.09. The fourth-order valence-electron chi connectivity index (χ4n) is 1.59. The molecule has 1 unspecified atom stereocenters. The molecule has 1 rings (SSSR count). The quantitative estimate of drug-likeness (QED) is 0.729. The first-order valence-electron chi connectivity index (χ1n) is 5.48. The minimum absolute atomic E-state index is 0.355. The van der Waals surface area contributed by atoms with E-state index in [1.165, 1.54) is 0 Å². The van der Waals surface area contributed by atoms with Gasteiger partial charge in [-0.25, -0.2) is 0 Å². The molecule has 0 aromatic carbocycles. The number of aliphatic hydroxyl groups excluding tert-OH is 1. The normalized spacial score (nSPS) is 13.0. The molecule has 0 aliphatic rings. The van der Waals surface area contributed by atoms with Crippen molar-refractivity contribution in [2.24, 2.45) is 0 Å². The van der Waals surface area contributed by atoms with Crippen molar-refractivity contribution in [2.75, 3.05) is 12.0 Å². The van der Waals surface area contributed by atoms with Crippen molar-refractivity contribution in [3.8, 4) is 0 Å². The zero-order chi connectivity index (χ0) is 11.1. The molecule has 1 aromatic heterocycles. The molecule has 0 aliphatic heterocycles. The Bertz CT molecular complexity index is 275. The zero-order valence-corrected chi connectivity index (χ0v) is 10.3. The van der Waals surface area contributed by atoms with Crippen molar-refractivity contribution in [1.82, 2.24) is 9.78 Å². The third kappa shape index (κ3) is 3.87. The summed E-state index contributed by atoms with van der Waals surface area (Å²) in [5.74, 6) is 1.11. The highest BCUT2D eigenvalue weighted by Crippen LogP contribution is 2.18. The van der Waals surface area contributed by atoms with Crippen LogP contribution in [-0.4, -0.2) is 26.9 Å². The molecule has 0 aliphatic carbocycles. The van der Waals surface area contributed by atoms with E-state index < -0.39 is 0 Å². The van der Waals surface area contributed by atoms with Gasteiger partial charge in [-0.3, -0.25) is 4.68 Å². The number of aliphatic hydroxyl groups is 1. The van der Waals surface area contributed by atoms with Crippen molar-refractivity contribution in [1.29, 1.82) is 0 Å². The number of aromatic nitrogens is 2. The van der Waals surface area contributed by atoms with E-state index in [1.54, 1.807) is 6.20 Å². The molecule has 1 atom stereocenters. The van der Waals surface area contributed by atoms with Crippen LogP contribution in [0.3, 0.4) is 0 Å². The third-order valence-corrected chi connectivity index (χ3v) is 3.05. The average molecular weight is 228 g/mol. The second-order valence-corrected chi connectivity index (χ2v) is 4.62. The summed E-state index contributed by atoms with van der Waals surface area (Å²) in [6, 6.07) is 1.92. The number of nitrogens with zero attached hydrogens (tertiary/aromatic N) is 2. The van der Waals surface area contributed by atoms with Gasteiger partial charge in [0.15, 0.2) is 0 Å². The lowest BCUT2D eigenvalue weighted by Gasteiger charge is -2.12. The van der Waals surface area contributed by atoms with Gasteiger partial charge in [0.1, 0.15) is 0 Å². The number of rotatable bonds is 7. The minimum atomic E-state index is -0.355. The predicted octanol–water partition coefficient (Wildman–Crippen LogP) is 2.47. The van der Waals surface area contributed by atoms with Crippen LogP contribution in [0.25, 0.3) is 0 Å². The highest BCUT2D eigenvalue weighted by molar-refractivity contribution is 7.98. The summed E-state index contributed by atoms with van der Waals surface area (Å²) in [5, 5.41) is 14.2. The molecule has 1 heterocycles. The first-order valence-corrected chi connectivity index (χ1v) is 6.87. The van der Waals surface area contributed by atoms with E-state index >= 15 is 0 Å². The molecule has 0 saturated heterocycles. The summed E-state index contributed by atoms with van der Waals surface area (Å²) in [5.41, 5.74) is 0.956. The second-order valence-electron chi connectivity index (χ2n) is 3.63. The van der Waals surface area contributed by atoms with Crippen LogP contribution in [0.1, 0.15) is 38.0 Å². The largest absolute Gasteiger partial charge is 0.387 e. The summed E-state index contributed by atoms with van der Waals surface area (Å²) in [6.45, 7) is 3.01. The molecule has 0 fully saturated rings. The van der Waals surface area contributed by atoms with Gasteiger partial charge in [0.2, 0.25) is 0 Å². The fourth-order valence-corrected chi connectivity index (χ4v) is 2.05. The van der Waals surface area contributed by atoms with Crippen molar-refractivity contribution >= 4 is 11.8 Å². The van der Waals surface area contributed by atoms with Gasteiger partial charge in [-0.15, -0.1) is 0 Å². The summed E-state index contributed by atoms with van der Waals surface area (Å²) < 4.78 is 1.91. The Hall–Kier alpha value is -0.480. The van der Waals surface area contributed by atoms with Gasteiger partial charge < -0.3 is 5.11 Å². The molecule has 86 valence electrons. The van der Waals surface area contributed by atoms with E-state index in [2.05, 4.69) is 18.3 Å². The Morgan fingerprint density at radius 1 is 1.60 bits per heavy atom. The van der Waals surface area contributed by atoms with Crippen LogP contribution in [0.4, 0.5) is 0 Å². The van der Waals surface area contributed by atoms with Gasteiger partial charge >= 0.3 is 0 Å². The van der Waals surface area contributed by atoms with Crippen molar-refractivity contribution in [3.63, 3.8) is 0 Å². The van der Waals surface area contributed by atoms with Crippen LogP contribution in [0.2, 0.25) is 0 Å². The molecule has 4 heteroatoms. The van der Waals surface area contributed by atoms with Gasteiger partial charge in [0.05, 0.1) is 11.8 Å². The number of hydrogen-bond acceptors (Lipinski definition) is 3. The van der Waals surface area contributed by atoms with Gasteiger partial charge in [-0.1, -0.05) is 6.92 Å². The third-order valence-electron chi connectivity index (χ3n) is 2.35. The van der Waals surface area contributed by atoms with E-state index in [9.17, 15) is 5.11 Å². The molecule has 0 saturated carbocycles.